The molecule has 16 heavy (non-hydrogen) atoms. The Morgan fingerprint density at radius 1 is 1.31 bits per heavy atom. The molecule has 1 atom stereocenters. The lowest BCUT2D eigenvalue weighted by Crippen LogP contribution is -2.25. The van der Waals surface area contributed by atoms with E-state index >= 15 is 0 Å². The molecule has 1 aromatic carbocycles. The predicted molar refractivity (Wildman–Crippen MR) is 53.4 cm³/mol. The number of nitrogens with zero attached hydrogens (tertiary/aromatic N) is 1. The van der Waals surface area contributed by atoms with Gasteiger partial charge < -0.3 is 9.47 Å². The normalized spacial score (nSPS) is 24.3. The number of hydrogen-bond donors (Lipinski definition) is 0. The summed E-state index contributed by atoms with van der Waals surface area (Å²) >= 11 is 5.94. The average Bonchev–Trinajstić information content (AvgIpc) is 2.48. The molecule has 0 saturated carbocycles. The predicted octanol–water partition coefficient (Wildman–Crippen LogP) is 2.87. The van der Waals surface area contributed by atoms with E-state index in [0.29, 0.717) is 12.0 Å². The topological polar surface area (TPSA) is 30.8 Å². The van der Waals surface area contributed by atoms with Crippen molar-refractivity contribution in [1.29, 1.82) is 0 Å². The summed E-state index contributed by atoms with van der Waals surface area (Å²) in [6.07, 6.45) is -1.38. The molecule has 2 aliphatic rings. The molecule has 6 heteroatoms. The molecule has 0 aromatic heterocycles. The first-order valence-corrected chi connectivity index (χ1v) is 5.07. The second kappa shape index (κ2) is 3.07. The second-order valence-corrected chi connectivity index (χ2v) is 3.95. The van der Waals surface area contributed by atoms with Crippen molar-refractivity contribution in [2.24, 2.45) is 4.99 Å². The van der Waals surface area contributed by atoms with Gasteiger partial charge in [0, 0.05) is 12.6 Å². The van der Waals surface area contributed by atoms with Gasteiger partial charge in [0.1, 0.15) is 5.50 Å². The summed E-state index contributed by atoms with van der Waals surface area (Å²) in [5.41, 5.74) is 0.964. The maximum absolute atomic E-state index is 12.8. The molecule has 0 amide bonds. The van der Waals surface area contributed by atoms with E-state index in [-0.39, 0.29) is 11.5 Å². The van der Waals surface area contributed by atoms with Crippen LogP contribution in [0.1, 0.15) is 16.6 Å². The molecule has 84 valence electrons. The lowest BCUT2D eigenvalue weighted by atomic mass is 10.0. The number of alkyl halides is 3. The van der Waals surface area contributed by atoms with Gasteiger partial charge in [0.15, 0.2) is 11.5 Å². The molecule has 1 aromatic rings. The number of fused-ring (bicyclic) bond motifs is 2. The van der Waals surface area contributed by atoms with E-state index in [2.05, 4.69) is 14.5 Å². The highest BCUT2D eigenvalue weighted by Crippen LogP contribution is 2.45. The Bertz CT molecular complexity index is 490. The molecule has 2 aliphatic heterocycles. The number of benzene rings is 1. The van der Waals surface area contributed by atoms with Crippen molar-refractivity contribution >= 4 is 17.8 Å². The molecule has 0 fully saturated rings. The van der Waals surface area contributed by atoms with Gasteiger partial charge >= 0.3 is 6.29 Å². The quantitative estimate of drug-likeness (QED) is 0.520. The Balaban J connectivity index is 2.09. The van der Waals surface area contributed by atoms with Gasteiger partial charge in [-0.05, 0) is 23.3 Å². The van der Waals surface area contributed by atoms with Gasteiger partial charge in [0.2, 0.25) is 0 Å². The molecule has 3 rings (SSSR count). The Hall–Kier alpha value is -1.36. The minimum atomic E-state index is -3.59. The number of halogens is 3. The Morgan fingerprint density at radius 2 is 2.00 bits per heavy atom. The zero-order valence-electron chi connectivity index (χ0n) is 7.91. The summed E-state index contributed by atoms with van der Waals surface area (Å²) in [7, 11) is 0. The largest absolute Gasteiger partial charge is 0.586 e. The summed E-state index contributed by atoms with van der Waals surface area (Å²) in [6.45, 7) is 0. The lowest BCUT2D eigenvalue weighted by molar-refractivity contribution is -0.286. The summed E-state index contributed by atoms with van der Waals surface area (Å²) in [4.78, 5) is 3.99. The first-order valence-electron chi connectivity index (χ1n) is 4.63. The molecule has 0 radical (unpaired) electrons. The average molecular weight is 246 g/mol. The van der Waals surface area contributed by atoms with E-state index in [9.17, 15) is 8.78 Å². The Labute approximate surface area is 94.6 Å². The van der Waals surface area contributed by atoms with Crippen molar-refractivity contribution in [3.05, 3.63) is 23.3 Å². The van der Waals surface area contributed by atoms with Gasteiger partial charge in [-0.3, -0.25) is 4.99 Å². The summed E-state index contributed by atoms with van der Waals surface area (Å²) < 4.78 is 34.3. The van der Waals surface area contributed by atoms with Crippen molar-refractivity contribution in [2.45, 2.75) is 18.2 Å². The van der Waals surface area contributed by atoms with Crippen LogP contribution in [0, 0.1) is 0 Å². The minimum Gasteiger partial charge on any atom is -0.395 e. The zero-order valence-corrected chi connectivity index (χ0v) is 8.67. The van der Waals surface area contributed by atoms with Gasteiger partial charge in [-0.1, -0.05) is 11.6 Å². The fourth-order valence-corrected chi connectivity index (χ4v) is 2.06. The number of ether oxygens (including phenoxy) is 2. The van der Waals surface area contributed by atoms with Crippen LogP contribution in [-0.2, 0) is 6.42 Å². The Morgan fingerprint density at radius 3 is 2.75 bits per heavy atom. The summed E-state index contributed by atoms with van der Waals surface area (Å²) in [5.74, 6) is 0.0504. The van der Waals surface area contributed by atoms with Gasteiger partial charge in [-0.2, -0.15) is 0 Å². The SMILES string of the molecule is FC1(F)Oc2cc3c(cc2O1)C(Cl)N=CC3. The van der Waals surface area contributed by atoms with E-state index in [4.69, 9.17) is 11.6 Å². The van der Waals surface area contributed by atoms with Crippen LogP contribution in [0.15, 0.2) is 17.1 Å². The van der Waals surface area contributed by atoms with E-state index in [1.54, 1.807) is 6.21 Å². The monoisotopic (exact) mass is 245 g/mol. The minimum absolute atomic E-state index is 0.00602. The standard InChI is InChI=1S/C10H6ClF2NO2/c11-9-6-4-8-7(15-10(12,13)16-8)3-5(6)1-2-14-9/h2-4,9H,1H2. The van der Waals surface area contributed by atoms with E-state index in [0.717, 1.165) is 5.56 Å². The van der Waals surface area contributed by atoms with Crippen molar-refractivity contribution in [3.63, 3.8) is 0 Å². The van der Waals surface area contributed by atoms with Crippen molar-refractivity contribution < 1.29 is 18.3 Å². The molecule has 0 spiro atoms. The maximum atomic E-state index is 12.8. The van der Waals surface area contributed by atoms with E-state index < -0.39 is 11.8 Å². The van der Waals surface area contributed by atoms with Gasteiger partial charge in [0.25, 0.3) is 0 Å². The fourth-order valence-electron chi connectivity index (χ4n) is 1.78. The van der Waals surface area contributed by atoms with E-state index in [1.165, 1.54) is 12.1 Å². The maximum Gasteiger partial charge on any atom is 0.586 e. The number of hydrogen-bond acceptors (Lipinski definition) is 3. The van der Waals surface area contributed by atoms with Gasteiger partial charge in [-0.15, -0.1) is 8.78 Å². The molecule has 0 N–H and O–H groups in total. The lowest BCUT2D eigenvalue weighted by Gasteiger charge is -2.15. The molecule has 3 nitrogen and oxygen atoms in total. The summed E-state index contributed by atoms with van der Waals surface area (Å²) in [6, 6.07) is 2.98. The Kier molecular flexibility index (Phi) is 1.89. The fraction of sp³-hybridized carbons (Fsp3) is 0.300. The second-order valence-electron chi connectivity index (χ2n) is 3.54. The van der Waals surface area contributed by atoms with Crippen molar-refractivity contribution in [1.82, 2.24) is 0 Å². The molecular formula is C10H6ClF2NO2. The van der Waals surface area contributed by atoms with Crippen molar-refractivity contribution in [3.8, 4) is 11.5 Å². The smallest absolute Gasteiger partial charge is 0.395 e. The number of rotatable bonds is 0. The van der Waals surface area contributed by atoms with Crippen LogP contribution < -0.4 is 9.47 Å². The van der Waals surface area contributed by atoms with Crippen LogP contribution in [-0.4, -0.2) is 12.5 Å². The van der Waals surface area contributed by atoms with Crippen LogP contribution in [0.3, 0.4) is 0 Å². The summed E-state index contributed by atoms with van der Waals surface area (Å²) in [5, 5.41) is 0. The molecular weight excluding hydrogens is 240 g/mol. The highest BCUT2D eigenvalue weighted by Gasteiger charge is 2.44. The van der Waals surface area contributed by atoms with Crippen LogP contribution >= 0.6 is 11.6 Å². The van der Waals surface area contributed by atoms with Crippen LogP contribution in [0.2, 0.25) is 0 Å². The molecule has 0 aliphatic carbocycles. The molecule has 1 unspecified atom stereocenters. The van der Waals surface area contributed by atoms with Crippen molar-refractivity contribution in [2.75, 3.05) is 0 Å². The number of aliphatic imine (C=N–C) groups is 1. The molecule has 0 bridgehead atoms. The molecule has 2 heterocycles. The third-order valence-electron chi connectivity index (χ3n) is 2.47. The third-order valence-corrected chi connectivity index (χ3v) is 2.82. The van der Waals surface area contributed by atoms with Crippen LogP contribution in [0.4, 0.5) is 8.78 Å². The van der Waals surface area contributed by atoms with Gasteiger partial charge in [0.05, 0.1) is 0 Å². The van der Waals surface area contributed by atoms with Crippen LogP contribution in [0.25, 0.3) is 0 Å². The first kappa shape index (κ1) is 9.84. The third kappa shape index (κ3) is 1.43. The first-order chi connectivity index (χ1) is 7.55. The van der Waals surface area contributed by atoms with Crippen LogP contribution in [0.5, 0.6) is 11.5 Å². The highest BCUT2D eigenvalue weighted by molar-refractivity contribution is 6.21. The molecule has 0 saturated heterocycles. The van der Waals surface area contributed by atoms with E-state index in [1.807, 2.05) is 0 Å². The van der Waals surface area contributed by atoms with Gasteiger partial charge in [-0.25, -0.2) is 0 Å². The zero-order chi connectivity index (χ0) is 11.3. The highest BCUT2D eigenvalue weighted by atomic mass is 35.5.